The first-order valence-electron chi connectivity index (χ1n) is 8.16. The molecule has 0 saturated carbocycles. The van der Waals surface area contributed by atoms with Crippen molar-refractivity contribution in [3.8, 4) is 5.75 Å². The van der Waals surface area contributed by atoms with Crippen molar-refractivity contribution in [2.75, 3.05) is 38.2 Å². The van der Waals surface area contributed by atoms with Crippen LogP contribution in [-0.2, 0) is 13.1 Å². The van der Waals surface area contributed by atoms with Crippen molar-refractivity contribution in [2.24, 2.45) is 0 Å². The van der Waals surface area contributed by atoms with Gasteiger partial charge in [-0.15, -0.1) is 5.10 Å². The lowest BCUT2D eigenvalue weighted by molar-refractivity contribution is 0.239. The van der Waals surface area contributed by atoms with E-state index in [0.29, 0.717) is 0 Å². The van der Waals surface area contributed by atoms with E-state index < -0.39 is 0 Å². The number of benzene rings is 1. The molecule has 1 aliphatic rings. The van der Waals surface area contributed by atoms with Crippen molar-refractivity contribution in [3.05, 3.63) is 30.1 Å². The molecule has 0 amide bonds. The molecule has 124 valence electrons. The molecule has 1 aliphatic heterocycles. The van der Waals surface area contributed by atoms with Gasteiger partial charge in [0, 0.05) is 38.4 Å². The van der Waals surface area contributed by atoms with E-state index >= 15 is 0 Å². The quantitative estimate of drug-likeness (QED) is 0.803. The second kappa shape index (κ2) is 7.41. The van der Waals surface area contributed by atoms with Gasteiger partial charge in [0.05, 0.1) is 13.7 Å². The summed E-state index contributed by atoms with van der Waals surface area (Å²) in [6.07, 6.45) is 1.04. The Morgan fingerprint density at radius 1 is 1.09 bits per heavy atom. The third kappa shape index (κ3) is 3.79. The molecule has 3 rings (SSSR count). The Bertz CT molecular complexity index is 603. The Hall–Kier alpha value is -2.15. The summed E-state index contributed by atoms with van der Waals surface area (Å²) in [6, 6.07) is 8.27. The number of aryl methyl sites for hydroxylation is 1. The minimum Gasteiger partial charge on any atom is -0.497 e. The van der Waals surface area contributed by atoms with Crippen LogP contribution >= 0.6 is 0 Å². The van der Waals surface area contributed by atoms with Crippen LogP contribution in [0.25, 0.3) is 0 Å². The van der Waals surface area contributed by atoms with Gasteiger partial charge in [0.15, 0.2) is 5.82 Å². The van der Waals surface area contributed by atoms with Gasteiger partial charge in [-0.25, -0.2) is 4.68 Å². The number of tetrazole rings is 1. The number of ether oxygens (including phenoxy) is 1. The van der Waals surface area contributed by atoms with Crippen molar-refractivity contribution < 1.29 is 4.74 Å². The maximum atomic E-state index is 5.22. The first-order chi connectivity index (χ1) is 11.3. The van der Waals surface area contributed by atoms with E-state index in [9.17, 15) is 0 Å². The minimum absolute atomic E-state index is 0.823. The van der Waals surface area contributed by atoms with E-state index in [1.54, 1.807) is 7.11 Å². The highest BCUT2D eigenvalue weighted by Gasteiger charge is 2.19. The normalized spacial score (nSPS) is 15.8. The Balaban J connectivity index is 1.54. The molecule has 2 aromatic rings. The number of anilines is 1. The topological polar surface area (TPSA) is 59.3 Å². The third-order valence-corrected chi connectivity index (χ3v) is 4.22. The summed E-state index contributed by atoms with van der Waals surface area (Å²) < 4.78 is 7.13. The van der Waals surface area contributed by atoms with E-state index in [0.717, 1.165) is 57.3 Å². The first-order valence-corrected chi connectivity index (χ1v) is 8.16. The average molecular weight is 316 g/mol. The van der Waals surface area contributed by atoms with Crippen LogP contribution in [0.3, 0.4) is 0 Å². The molecule has 0 bridgehead atoms. The molecule has 0 unspecified atom stereocenters. The maximum Gasteiger partial charge on any atom is 0.165 e. The molecular formula is C16H24N6O. The van der Waals surface area contributed by atoms with Gasteiger partial charge in [0.2, 0.25) is 0 Å². The fourth-order valence-electron chi connectivity index (χ4n) is 2.88. The average Bonchev–Trinajstić information content (AvgIpc) is 3.03. The Labute approximate surface area is 136 Å². The molecule has 7 nitrogen and oxygen atoms in total. The van der Waals surface area contributed by atoms with Gasteiger partial charge in [-0.3, -0.25) is 4.90 Å². The molecule has 2 heterocycles. The summed E-state index contributed by atoms with van der Waals surface area (Å²) in [5, 5.41) is 12.0. The summed E-state index contributed by atoms with van der Waals surface area (Å²) in [7, 11) is 1.69. The number of aromatic nitrogens is 4. The SMILES string of the molecule is CCCn1nnnc1CN1CCN(c2ccc(OC)cc2)CC1. The number of hydrogen-bond donors (Lipinski definition) is 0. The van der Waals surface area contributed by atoms with E-state index in [1.807, 2.05) is 16.8 Å². The van der Waals surface area contributed by atoms with E-state index in [4.69, 9.17) is 4.74 Å². The molecule has 0 aliphatic carbocycles. The summed E-state index contributed by atoms with van der Waals surface area (Å²) in [5.74, 6) is 1.86. The van der Waals surface area contributed by atoms with E-state index in [1.165, 1.54) is 5.69 Å². The van der Waals surface area contributed by atoms with Crippen molar-refractivity contribution in [2.45, 2.75) is 26.4 Å². The standard InChI is InChI=1S/C16H24N6O/c1-3-8-22-16(17-18-19-22)13-20-9-11-21(12-10-20)14-4-6-15(23-2)7-5-14/h4-7H,3,8-13H2,1-2H3. The van der Waals surface area contributed by atoms with Crippen LogP contribution in [-0.4, -0.2) is 58.4 Å². The third-order valence-electron chi connectivity index (χ3n) is 4.22. The molecule has 23 heavy (non-hydrogen) atoms. The van der Waals surface area contributed by atoms with Gasteiger partial charge in [-0.2, -0.15) is 0 Å². The predicted octanol–water partition coefficient (Wildman–Crippen LogP) is 1.41. The molecule has 1 aromatic carbocycles. The highest BCUT2D eigenvalue weighted by atomic mass is 16.5. The summed E-state index contributed by atoms with van der Waals surface area (Å²) in [5.41, 5.74) is 1.25. The Kier molecular flexibility index (Phi) is 5.07. The van der Waals surface area contributed by atoms with Crippen LogP contribution in [0.2, 0.25) is 0 Å². The number of nitrogens with zero attached hydrogens (tertiary/aromatic N) is 6. The fraction of sp³-hybridized carbons (Fsp3) is 0.562. The van der Waals surface area contributed by atoms with Crippen LogP contribution in [0.1, 0.15) is 19.2 Å². The number of methoxy groups -OCH3 is 1. The zero-order chi connectivity index (χ0) is 16.1. The smallest absolute Gasteiger partial charge is 0.165 e. The second-order valence-corrected chi connectivity index (χ2v) is 5.78. The summed E-state index contributed by atoms with van der Waals surface area (Å²) in [4.78, 5) is 4.82. The van der Waals surface area contributed by atoms with Gasteiger partial charge < -0.3 is 9.64 Å². The first kappa shape index (κ1) is 15.7. The zero-order valence-corrected chi connectivity index (χ0v) is 13.9. The summed E-state index contributed by atoms with van der Waals surface area (Å²) >= 11 is 0. The zero-order valence-electron chi connectivity index (χ0n) is 13.9. The highest BCUT2D eigenvalue weighted by molar-refractivity contribution is 5.49. The van der Waals surface area contributed by atoms with Crippen molar-refractivity contribution in [3.63, 3.8) is 0 Å². The molecule has 0 atom stereocenters. The van der Waals surface area contributed by atoms with E-state index in [-0.39, 0.29) is 0 Å². The lowest BCUT2D eigenvalue weighted by Crippen LogP contribution is -2.46. The van der Waals surface area contributed by atoms with Crippen LogP contribution in [0.5, 0.6) is 5.75 Å². The molecule has 7 heteroatoms. The largest absolute Gasteiger partial charge is 0.497 e. The van der Waals surface area contributed by atoms with Crippen molar-refractivity contribution in [1.82, 2.24) is 25.1 Å². The van der Waals surface area contributed by atoms with Crippen LogP contribution in [0.15, 0.2) is 24.3 Å². The van der Waals surface area contributed by atoms with Gasteiger partial charge >= 0.3 is 0 Å². The van der Waals surface area contributed by atoms with Crippen LogP contribution in [0.4, 0.5) is 5.69 Å². The molecule has 1 aromatic heterocycles. The van der Waals surface area contributed by atoms with Gasteiger partial charge in [-0.1, -0.05) is 6.92 Å². The number of hydrogen-bond acceptors (Lipinski definition) is 6. The summed E-state index contributed by atoms with van der Waals surface area (Å²) in [6.45, 7) is 7.91. The minimum atomic E-state index is 0.823. The van der Waals surface area contributed by atoms with Crippen LogP contribution < -0.4 is 9.64 Å². The molecule has 1 saturated heterocycles. The predicted molar refractivity (Wildman–Crippen MR) is 88.6 cm³/mol. The molecular weight excluding hydrogens is 292 g/mol. The van der Waals surface area contributed by atoms with Gasteiger partial charge in [0.1, 0.15) is 5.75 Å². The highest BCUT2D eigenvalue weighted by Crippen LogP contribution is 2.20. The maximum absolute atomic E-state index is 5.22. The second-order valence-electron chi connectivity index (χ2n) is 5.78. The number of rotatable bonds is 6. The Morgan fingerprint density at radius 3 is 2.48 bits per heavy atom. The van der Waals surface area contributed by atoms with E-state index in [2.05, 4.69) is 44.4 Å². The monoisotopic (exact) mass is 316 g/mol. The van der Waals surface area contributed by atoms with Crippen molar-refractivity contribution in [1.29, 1.82) is 0 Å². The molecule has 0 N–H and O–H groups in total. The van der Waals surface area contributed by atoms with Gasteiger partial charge in [-0.05, 0) is 41.1 Å². The van der Waals surface area contributed by atoms with Crippen LogP contribution in [0, 0.1) is 0 Å². The van der Waals surface area contributed by atoms with Crippen molar-refractivity contribution >= 4 is 5.69 Å². The Morgan fingerprint density at radius 2 is 1.83 bits per heavy atom. The lowest BCUT2D eigenvalue weighted by Gasteiger charge is -2.35. The molecule has 0 radical (unpaired) electrons. The molecule has 1 fully saturated rings. The fourth-order valence-corrected chi connectivity index (χ4v) is 2.88. The lowest BCUT2D eigenvalue weighted by atomic mass is 10.2. The molecule has 0 spiro atoms. The van der Waals surface area contributed by atoms with Gasteiger partial charge in [0.25, 0.3) is 0 Å². The number of piperazine rings is 1.